The number of carbonyl (C=O) groups excluding carboxylic acids is 2. The smallest absolute Gasteiger partial charge is 0.337 e. The van der Waals surface area contributed by atoms with Crippen LogP contribution in [-0.2, 0) is 16.1 Å². The second-order valence-corrected chi connectivity index (χ2v) is 4.55. The van der Waals surface area contributed by atoms with Gasteiger partial charge in [0.25, 0.3) is 5.91 Å². The van der Waals surface area contributed by atoms with E-state index in [0.717, 1.165) is 0 Å². The minimum absolute atomic E-state index is 0.0395. The van der Waals surface area contributed by atoms with Crippen LogP contribution in [0.3, 0.4) is 0 Å². The van der Waals surface area contributed by atoms with Gasteiger partial charge in [-0.1, -0.05) is 12.1 Å². The molecule has 0 atom stereocenters. The maximum absolute atomic E-state index is 12.0. The molecule has 2 rings (SSSR count). The zero-order valence-corrected chi connectivity index (χ0v) is 12.4. The number of ether oxygens (including phenoxy) is 1. The van der Waals surface area contributed by atoms with Gasteiger partial charge in [0, 0.05) is 0 Å². The summed E-state index contributed by atoms with van der Waals surface area (Å²) in [5.41, 5.74) is 0.982. The fourth-order valence-electron chi connectivity index (χ4n) is 1.82. The molecule has 0 aliphatic carbocycles. The lowest BCUT2D eigenvalue weighted by Crippen LogP contribution is -2.23. The Morgan fingerprint density at radius 3 is 2.61 bits per heavy atom. The van der Waals surface area contributed by atoms with Crippen molar-refractivity contribution in [1.82, 2.24) is 5.32 Å². The highest BCUT2D eigenvalue weighted by atomic mass is 16.5. The van der Waals surface area contributed by atoms with Gasteiger partial charge in [-0.3, -0.25) is 4.79 Å². The van der Waals surface area contributed by atoms with Gasteiger partial charge in [-0.2, -0.15) is 5.26 Å². The summed E-state index contributed by atoms with van der Waals surface area (Å²) in [6.07, 6.45) is 2.95. The third-order valence-electron chi connectivity index (χ3n) is 3.01. The summed E-state index contributed by atoms with van der Waals surface area (Å²) in [5.74, 6) is -0.351. The van der Waals surface area contributed by atoms with Crippen LogP contribution in [0.25, 0.3) is 6.08 Å². The predicted octanol–water partition coefficient (Wildman–Crippen LogP) is 2.29. The average Bonchev–Trinajstić information content (AvgIpc) is 3.11. The number of esters is 1. The highest BCUT2D eigenvalue weighted by Crippen LogP contribution is 2.10. The molecule has 1 aromatic carbocycles. The lowest BCUT2D eigenvalue weighted by atomic mass is 10.1. The minimum Gasteiger partial charge on any atom is -0.467 e. The number of hydrogen-bond acceptors (Lipinski definition) is 5. The van der Waals surface area contributed by atoms with Crippen LogP contribution in [0.15, 0.2) is 52.7 Å². The molecule has 0 aliphatic rings. The Morgan fingerprint density at radius 2 is 2.04 bits per heavy atom. The SMILES string of the molecule is COC(=O)c1ccc(C=C(C#N)C(=O)NCc2ccco2)cc1. The number of nitrogens with one attached hydrogen (secondary N) is 1. The van der Waals surface area contributed by atoms with E-state index in [9.17, 15) is 9.59 Å². The number of hydrogen-bond donors (Lipinski definition) is 1. The van der Waals surface area contributed by atoms with Gasteiger partial charge in [0.05, 0.1) is 25.5 Å². The number of amides is 1. The maximum Gasteiger partial charge on any atom is 0.337 e. The second kappa shape index (κ2) is 7.61. The molecule has 0 saturated heterocycles. The maximum atomic E-state index is 12.0. The lowest BCUT2D eigenvalue weighted by molar-refractivity contribution is -0.117. The molecule has 1 heterocycles. The van der Waals surface area contributed by atoms with Crippen molar-refractivity contribution in [2.75, 3.05) is 7.11 Å². The second-order valence-electron chi connectivity index (χ2n) is 4.55. The van der Waals surface area contributed by atoms with Crippen LogP contribution in [0.5, 0.6) is 0 Å². The van der Waals surface area contributed by atoms with E-state index in [1.807, 2.05) is 6.07 Å². The van der Waals surface area contributed by atoms with Crippen LogP contribution in [0, 0.1) is 11.3 Å². The molecule has 6 nitrogen and oxygen atoms in total. The highest BCUT2D eigenvalue weighted by molar-refractivity contribution is 6.01. The Kier molecular flexibility index (Phi) is 5.31. The highest BCUT2D eigenvalue weighted by Gasteiger charge is 2.10. The van der Waals surface area contributed by atoms with Gasteiger partial charge in [0.15, 0.2) is 0 Å². The van der Waals surface area contributed by atoms with Crippen molar-refractivity contribution in [3.63, 3.8) is 0 Å². The zero-order chi connectivity index (χ0) is 16.7. The number of nitriles is 1. The summed E-state index contributed by atoms with van der Waals surface area (Å²) in [7, 11) is 1.30. The molecule has 116 valence electrons. The summed E-state index contributed by atoms with van der Waals surface area (Å²) in [5, 5.41) is 11.7. The van der Waals surface area contributed by atoms with E-state index in [2.05, 4.69) is 10.1 Å². The van der Waals surface area contributed by atoms with Crippen molar-refractivity contribution in [2.24, 2.45) is 0 Å². The van der Waals surface area contributed by atoms with Crippen molar-refractivity contribution in [3.8, 4) is 6.07 Å². The summed E-state index contributed by atoms with van der Waals surface area (Å²) in [6.45, 7) is 0.201. The lowest BCUT2D eigenvalue weighted by Gasteiger charge is -2.03. The van der Waals surface area contributed by atoms with E-state index in [0.29, 0.717) is 16.9 Å². The Bertz CT molecular complexity index is 753. The molecule has 23 heavy (non-hydrogen) atoms. The van der Waals surface area contributed by atoms with Crippen LogP contribution in [0.2, 0.25) is 0 Å². The van der Waals surface area contributed by atoms with E-state index >= 15 is 0 Å². The molecule has 0 bridgehead atoms. The fourth-order valence-corrected chi connectivity index (χ4v) is 1.82. The summed E-state index contributed by atoms with van der Waals surface area (Å²) < 4.78 is 9.71. The first-order valence-corrected chi connectivity index (χ1v) is 6.75. The zero-order valence-electron chi connectivity index (χ0n) is 12.4. The average molecular weight is 310 g/mol. The molecule has 6 heteroatoms. The van der Waals surface area contributed by atoms with Gasteiger partial charge < -0.3 is 14.5 Å². The normalized spacial score (nSPS) is 10.7. The first kappa shape index (κ1) is 16.0. The quantitative estimate of drug-likeness (QED) is 0.519. The van der Waals surface area contributed by atoms with Crippen LogP contribution in [0.4, 0.5) is 0 Å². The molecule has 1 amide bonds. The largest absolute Gasteiger partial charge is 0.467 e. The number of benzene rings is 1. The minimum atomic E-state index is -0.499. The number of nitrogens with zero attached hydrogens (tertiary/aromatic N) is 1. The topological polar surface area (TPSA) is 92.3 Å². The molecule has 0 spiro atoms. The van der Waals surface area contributed by atoms with Gasteiger partial charge in [-0.05, 0) is 35.9 Å². The van der Waals surface area contributed by atoms with Crippen LogP contribution in [0.1, 0.15) is 21.7 Å². The van der Waals surface area contributed by atoms with Crippen molar-refractivity contribution >= 4 is 18.0 Å². The van der Waals surface area contributed by atoms with Crippen molar-refractivity contribution in [3.05, 3.63) is 65.1 Å². The van der Waals surface area contributed by atoms with Gasteiger partial charge in [-0.25, -0.2) is 4.79 Å². The van der Waals surface area contributed by atoms with Gasteiger partial charge >= 0.3 is 5.97 Å². The van der Waals surface area contributed by atoms with Crippen LogP contribution in [-0.4, -0.2) is 19.0 Å². The van der Waals surface area contributed by atoms with Crippen LogP contribution < -0.4 is 5.32 Å². The first-order valence-electron chi connectivity index (χ1n) is 6.75. The van der Waals surface area contributed by atoms with Crippen LogP contribution >= 0.6 is 0 Å². The molecule has 2 aromatic rings. The molecule has 0 fully saturated rings. The summed E-state index contributed by atoms with van der Waals surface area (Å²) in [4.78, 5) is 23.3. The first-order chi connectivity index (χ1) is 11.1. The number of carbonyl (C=O) groups is 2. The molecule has 0 saturated carbocycles. The molecule has 1 aromatic heterocycles. The van der Waals surface area contributed by atoms with Gasteiger partial charge in [-0.15, -0.1) is 0 Å². The third-order valence-corrected chi connectivity index (χ3v) is 3.01. The van der Waals surface area contributed by atoms with E-state index in [4.69, 9.17) is 9.68 Å². The predicted molar refractivity (Wildman–Crippen MR) is 81.9 cm³/mol. The molecule has 0 unspecified atom stereocenters. The fraction of sp³-hybridized carbons (Fsp3) is 0.118. The van der Waals surface area contributed by atoms with E-state index in [-0.39, 0.29) is 12.1 Å². The van der Waals surface area contributed by atoms with Crippen molar-refractivity contribution in [1.29, 1.82) is 5.26 Å². The van der Waals surface area contributed by atoms with E-state index < -0.39 is 11.9 Å². The monoisotopic (exact) mass is 310 g/mol. The Hall–Kier alpha value is -3.33. The number of furan rings is 1. The summed E-state index contributed by atoms with van der Waals surface area (Å²) >= 11 is 0. The molecule has 0 aliphatic heterocycles. The van der Waals surface area contributed by atoms with E-state index in [1.54, 1.807) is 36.4 Å². The van der Waals surface area contributed by atoms with Gasteiger partial charge in [0.1, 0.15) is 17.4 Å². The Balaban J connectivity index is 2.07. The number of methoxy groups -OCH3 is 1. The van der Waals surface area contributed by atoms with Crippen molar-refractivity contribution < 1.29 is 18.7 Å². The van der Waals surface area contributed by atoms with E-state index in [1.165, 1.54) is 19.4 Å². The summed E-state index contributed by atoms with van der Waals surface area (Å²) in [6, 6.07) is 11.7. The standard InChI is InChI=1S/C17H14N2O4/c1-22-17(21)13-6-4-12(5-7-13)9-14(10-18)16(20)19-11-15-3-2-8-23-15/h2-9H,11H2,1H3,(H,19,20). The number of rotatable bonds is 5. The molecular formula is C17H14N2O4. The molecule has 0 radical (unpaired) electrons. The third kappa shape index (κ3) is 4.32. The molecule has 1 N–H and O–H groups in total. The Morgan fingerprint density at radius 1 is 1.30 bits per heavy atom. The van der Waals surface area contributed by atoms with Gasteiger partial charge in [0.2, 0.25) is 0 Å². The molecular weight excluding hydrogens is 296 g/mol. The Labute approximate surface area is 133 Å². The van der Waals surface area contributed by atoms with Crippen molar-refractivity contribution in [2.45, 2.75) is 6.54 Å².